The van der Waals surface area contributed by atoms with Gasteiger partial charge in [-0.25, -0.2) is 13.5 Å². The van der Waals surface area contributed by atoms with Crippen LogP contribution in [0.25, 0.3) is 11.3 Å². The van der Waals surface area contributed by atoms with Gasteiger partial charge in [0.25, 0.3) is 0 Å². The normalized spacial score (nSPS) is 25.8. The number of hydrogen-bond donors (Lipinski definition) is 3. The Hall–Kier alpha value is -2.15. The average molecular weight is 485 g/mol. The number of nitrogens with zero attached hydrogens (tertiary/aromatic N) is 4. The van der Waals surface area contributed by atoms with E-state index >= 15 is 0 Å². The largest absolute Gasteiger partial charge is 0.394 e. The van der Waals surface area contributed by atoms with Crippen LogP contribution in [0.2, 0.25) is 5.02 Å². The van der Waals surface area contributed by atoms with Crippen LogP contribution < -0.4 is 0 Å². The van der Waals surface area contributed by atoms with Gasteiger partial charge in [-0.2, -0.15) is 0 Å². The Balaban J connectivity index is 1.64. The molecule has 3 heterocycles. The van der Waals surface area contributed by atoms with Crippen LogP contribution in [0, 0.1) is 18.6 Å². The van der Waals surface area contributed by atoms with Crippen molar-refractivity contribution >= 4 is 23.4 Å². The molecule has 4 rings (SSSR count). The molecule has 12 heteroatoms. The van der Waals surface area contributed by atoms with Gasteiger partial charge >= 0.3 is 0 Å². The molecule has 2 aromatic heterocycles. The zero-order valence-electron chi connectivity index (χ0n) is 16.6. The standard InChI is InChI=1S/C20H19ClF2N4O4S/c1-9-13(22)2-10(3-14(9)23)15-7-27(26-25-15)17-18(29)16(8-28)31-20(19(17)30)32-12-4-11(21)5-24-6-12/h2-7,16-20,28-30H,8H2,1H3/t16?,17?,18?,19-,20?/m0/s1. The second-order valence-electron chi connectivity index (χ2n) is 7.30. The third-order valence-corrected chi connectivity index (χ3v) is 6.50. The molecule has 170 valence electrons. The van der Waals surface area contributed by atoms with Crippen LogP contribution in [-0.4, -0.2) is 65.7 Å². The molecule has 8 nitrogen and oxygen atoms in total. The first kappa shape index (κ1) is 23.0. The van der Waals surface area contributed by atoms with Gasteiger partial charge in [0.1, 0.15) is 47.1 Å². The first-order valence-corrected chi connectivity index (χ1v) is 10.8. The van der Waals surface area contributed by atoms with E-state index in [1.54, 1.807) is 6.07 Å². The summed E-state index contributed by atoms with van der Waals surface area (Å²) in [7, 11) is 0. The van der Waals surface area contributed by atoms with E-state index in [2.05, 4.69) is 15.3 Å². The van der Waals surface area contributed by atoms with Crippen LogP contribution in [0.4, 0.5) is 8.78 Å². The van der Waals surface area contributed by atoms with Crippen molar-refractivity contribution in [3.05, 3.63) is 59.0 Å². The summed E-state index contributed by atoms with van der Waals surface area (Å²) in [6.45, 7) is 0.813. The van der Waals surface area contributed by atoms with Crippen molar-refractivity contribution in [1.82, 2.24) is 20.0 Å². The molecule has 0 spiro atoms. The lowest BCUT2D eigenvalue weighted by Gasteiger charge is -2.41. The first-order chi connectivity index (χ1) is 15.3. The molecule has 0 aliphatic carbocycles. The van der Waals surface area contributed by atoms with Gasteiger partial charge in [-0.05, 0) is 25.1 Å². The number of ether oxygens (including phenoxy) is 1. The molecule has 0 radical (unpaired) electrons. The van der Waals surface area contributed by atoms with Crippen molar-refractivity contribution < 1.29 is 28.8 Å². The van der Waals surface area contributed by atoms with Crippen LogP contribution in [-0.2, 0) is 4.74 Å². The fraction of sp³-hybridized carbons (Fsp3) is 0.350. The van der Waals surface area contributed by atoms with Crippen molar-refractivity contribution in [1.29, 1.82) is 0 Å². The Labute approximate surface area is 190 Å². The molecule has 1 saturated heterocycles. The van der Waals surface area contributed by atoms with Crippen LogP contribution in [0.3, 0.4) is 0 Å². The van der Waals surface area contributed by atoms with Crippen LogP contribution >= 0.6 is 23.4 Å². The zero-order chi connectivity index (χ0) is 23.0. The fourth-order valence-corrected chi connectivity index (χ4v) is 4.74. The molecular weight excluding hydrogens is 466 g/mol. The molecular formula is C20H19ClF2N4O4S. The van der Waals surface area contributed by atoms with Crippen molar-refractivity contribution in [2.24, 2.45) is 0 Å². The summed E-state index contributed by atoms with van der Waals surface area (Å²) in [5.41, 5.74) is -0.708. The van der Waals surface area contributed by atoms with Gasteiger partial charge in [0.15, 0.2) is 0 Å². The summed E-state index contributed by atoms with van der Waals surface area (Å²) in [4.78, 5) is 4.60. The van der Waals surface area contributed by atoms with E-state index in [0.29, 0.717) is 9.92 Å². The lowest BCUT2D eigenvalue weighted by Crippen LogP contribution is -2.55. The molecule has 5 atom stereocenters. The number of aliphatic hydroxyl groups excluding tert-OH is 3. The topological polar surface area (TPSA) is 114 Å². The monoisotopic (exact) mass is 484 g/mol. The van der Waals surface area contributed by atoms with Gasteiger partial charge in [0.2, 0.25) is 0 Å². The third kappa shape index (κ3) is 4.49. The van der Waals surface area contributed by atoms with Gasteiger partial charge < -0.3 is 20.1 Å². The number of halogens is 3. The summed E-state index contributed by atoms with van der Waals surface area (Å²) in [5, 5.41) is 39.6. The van der Waals surface area contributed by atoms with Crippen molar-refractivity contribution in [3.63, 3.8) is 0 Å². The molecule has 1 aromatic carbocycles. The molecule has 0 bridgehead atoms. The minimum atomic E-state index is -1.33. The maximum Gasteiger partial charge on any atom is 0.136 e. The van der Waals surface area contributed by atoms with Gasteiger partial charge in [-0.1, -0.05) is 28.6 Å². The van der Waals surface area contributed by atoms with Crippen molar-refractivity contribution in [2.75, 3.05) is 6.61 Å². The predicted molar refractivity (Wildman–Crippen MR) is 112 cm³/mol. The number of benzene rings is 1. The van der Waals surface area contributed by atoms with Gasteiger partial charge in [0, 0.05) is 28.4 Å². The van der Waals surface area contributed by atoms with Crippen molar-refractivity contribution in [3.8, 4) is 11.3 Å². The van der Waals surface area contributed by atoms with Gasteiger partial charge in [-0.3, -0.25) is 4.98 Å². The molecule has 1 aliphatic heterocycles. The van der Waals surface area contributed by atoms with Gasteiger partial charge in [-0.15, -0.1) is 5.10 Å². The molecule has 0 saturated carbocycles. The van der Waals surface area contributed by atoms with Crippen molar-refractivity contribution in [2.45, 2.75) is 41.6 Å². The maximum atomic E-state index is 14.0. The minimum Gasteiger partial charge on any atom is -0.394 e. The van der Waals surface area contributed by atoms with E-state index < -0.39 is 48.0 Å². The SMILES string of the molecule is Cc1c(F)cc(-c2cn(C3C(O)C(CO)OC(Sc4cncc(Cl)c4)[C@H]3O)nn2)cc1F. The summed E-state index contributed by atoms with van der Waals surface area (Å²) in [6.07, 6.45) is 0.733. The van der Waals surface area contributed by atoms with E-state index in [1.165, 1.54) is 30.2 Å². The fourth-order valence-electron chi connectivity index (χ4n) is 3.42. The quantitative estimate of drug-likeness (QED) is 0.506. The van der Waals surface area contributed by atoms with E-state index in [1.807, 2.05) is 0 Å². The molecule has 3 N–H and O–H groups in total. The molecule has 1 fully saturated rings. The van der Waals surface area contributed by atoms with Crippen LogP contribution in [0.1, 0.15) is 11.6 Å². The smallest absolute Gasteiger partial charge is 0.136 e. The third-order valence-electron chi connectivity index (χ3n) is 5.17. The number of hydrogen-bond acceptors (Lipinski definition) is 8. The van der Waals surface area contributed by atoms with E-state index in [0.717, 1.165) is 23.9 Å². The van der Waals surface area contributed by atoms with E-state index in [9.17, 15) is 24.1 Å². The lowest BCUT2D eigenvalue weighted by atomic mass is 9.97. The number of thioether (sulfide) groups is 1. The lowest BCUT2D eigenvalue weighted by molar-refractivity contribution is -0.178. The average Bonchev–Trinajstić information content (AvgIpc) is 3.23. The number of rotatable bonds is 5. The predicted octanol–water partition coefficient (Wildman–Crippen LogP) is 2.35. The first-order valence-electron chi connectivity index (χ1n) is 9.56. The van der Waals surface area contributed by atoms with E-state index in [4.69, 9.17) is 16.3 Å². The summed E-state index contributed by atoms with van der Waals surface area (Å²) in [6, 6.07) is 2.85. The van der Waals surface area contributed by atoms with E-state index in [-0.39, 0.29) is 16.8 Å². The highest BCUT2D eigenvalue weighted by atomic mass is 35.5. The minimum absolute atomic E-state index is 0.113. The number of pyridine rings is 1. The second kappa shape index (κ2) is 9.38. The summed E-state index contributed by atoms with van der Waals surface area (Å²) in [5.74, 6) is -1.46. The Kier molecular flexibility index (Phi) is 6.75. The van der Waals surface area contributed by atoms with Crippen LogP contribution in [0.5, 0.6) is 0 Å². The zero-order valence-corrected chi connectivity index (χ0v) is 18.2. The van der Waals surface area contributed by atoms with Gasteiger partial charge in [0.05, 0.1) is 17.8 Å². The Bertz CT molecular complexity index is 1100. The highest BCUT2D eigenvalue weighted by molar-refractivity contribution is 7.99. The molecule has 0 amide bonds. The van der Waals surface area contributed by atoms with Crippen LogP contribution in [0.15, 0.2) is 41.7 Å². The summed E-state index contributed by atoms with van der Waals surface area (Å²) >= 11 is 7.07. The highest BCUT2D eigenvalue weighted by Gasteiger charge is 2.46. The number of aliphatic hydroxyl groups is 3. The molecule has 4 unspecified atom stereocenters. The highest BCUT2D eigenvalue weighted by Crippen LogP contribution is 2.38. The Morgan fingerprint density at radius 1 is 1.16 bits per heavy atom. The maximum absolute atomic E-state index is 14.0. The molecule has 1 aliphatic rings. The Morgan fingerprint density at radius 2 is 1.88 bits per heavy atom. The number of aromatic nitrogens is 4. The molecule has 3 aromatic rings. The summed E-state index contributed by atoms with van der Waals surface area (Å²) < 4.78 is 34.8. The second-order valence-corrected chi connectivity index (χ2v) is 8.91. The Morgan fingerprint density at radius 3 is 2.53 bits per heavy atom. The molecule has 32 heavy (non-hydrogen) atoms.